The first-order chi connectivity index (χ1) is 11.1. The van der Waals surface area contributed by atoms with E-state index in [1.807, 2.05) is 0 Å². The highest BCUT2D eigenvalue weighted by molar-refractivity contribution is 5.45. The Labute approximate surface area is 138 Å². The lowest BCUT2D eigenvalue weighted by atomic mass is 10.1. The number of nitrogens with zero attached hydrogens (tertiary/aromatic N) is 2. The van der Waals surface area contributed by atoms with E-state index in [1.165, 1.54) is 24.0 Å². The average molecular weight is 310 g/mol. The maximum atomic E-state index is 4.69. The molecular weight excluding hydrogens is 284 g/mol. The van der Waals surface area contributed by atoms with Crippen molar-refractivity contribution in [2.24, 2.45) is 0 Å². The molecule has 1 aromatic carbocycles. The SMILES string of the molecule is CC[C@@H](C)Nc1nc(NCc2ccc(C)cc2)cc(C2CC2)n1. The van der Waals surface area contributed by atoms with Gasteiger partial charge in [0.05, 0.1) is 5.69 Å². The van der Waals surface area contributed by atoms with Crippen LogP contribution in [0.1, 0.15) is 55.8 Å². The minimum Gasteiger partial charge on any atom is -0.366 e. The van der Waals surface area contributed by atoms with Crippen LogP contribution in [0.25, 0.3) is 0 Å². The number of nitrogens with one attached hydrogen (secondary N) is 2. The van der Waals surface area contributed by atoms with Crippen molar-refractivity contribution >= 4 is 11.8 Å². The molecule has 1 heterocycles. The predicted molar refractivity (Wildman–Crippen MR) is 95.9 cm³/mol. The average Bonchev–Trinajstić information content (AvgIpc) is 3.39. The zero-order valence-corrected chi connectivity index (χ0v) is 14.3. The molecule has 3 rings (SSSR count). The largest absolute Gasteiger partial charge is 0.366 e. The molecule has 0 bridgehead atoms. The third-order valence-electron chi connectivity index (χ3n) is 4.32. The van der Waals surface area contributed by atoms with Crippen molar-refractivity contribution in [3.8, 4) is 0 Å². The summed E-state index contributed by atoms with van der Waals surface area (Å²) in [4.78, 5) is 9.32. The summed E-state index contributed by atoms with van der Waals surface area (Å²) in [6.45, 7) is 7.21. The second kappa shape index (κ2) is 6.99. The van der Waals surface area contributed by atoms with E-state index in [4.69, 9.17) is 0 Å². The zero-order valence-electron chi connectivity index (χ0n) is 14.3. The van der Waals surface area contributed by atoms with Gasteiger partial charge in [0.1, 0.15) is 5.82 Å². The second-order valence-electron chi connectivity index (χ2n) is 6.57. The maximum absolute atomic E-state index is 4.69. The quantitative estimate of drug-likeness (QED) is 0.791. The van der Waals surface area contributed by atoms with Crippen LogP contribution in [-0.4, -0.2) is 16.0 Å². The minimum absolute atomic E-state index is 0.384. The third kappa shape index (κ3) is 4.44. The standard InChI is InChI=1S/C19H26N4/c1-4-14(3)21-19-22-17(16-9-10-16)11-18(23-19)20-12-15-7-5-13(2)6-8-15/h5-8,11,14,16H,4,9-10,12H2,1-3H3,(H2,20,21,22,23)/t14-/m1/s1. The molecule has 1 atom stereocenters. The Morgan fingerprint density at radius 3 is 2.57 bits per heavy atom. The molecule has 4 heteroatoms. The molecule has 23 heavy (non-hydrogen) atoms. The van der Waals surface area contributed by atoms with Gasteiger partial charge < -0.3 is 10.6 Å². The number of hydrogen-bond acceptors (Lipinski definition) is 4. The highest BCUT2D eigenvalue weighted by atomic mass is 15.2. The number of aromatic nitrogens is 2. The molecule has 1 aliphatic rings. The van der Waals surface area contributed by atoms with E-state index in [9.17, 15) is 0 Å². The van der Waals surface area contributed by atoms with Crippen molar-refractivity contribution < 1.29 is 0 Å². The summed E-state index contributed by atoms with van der Waals surface area (Å²) in [5, 5.41) is 6.84. The van der Waals surface area contributed by atoms with Crippen LogP contribution < -0.4 is 10.6 Å². The van der Waals surface area contributed by atoms with Gasteiger partial charge in [-0.3, -0.25) is 0 Å². The van der Waals surface area contributed by atoms with Gasteiger partial charge in [-0.25, -0.2) is 4.98 Å². The lowest BCUT2D eigenvalue weighted by Gasteiger charge is -2.14. The number of anilines is 2. The van der Waals surface area contributed by atoms with Crippen LogP contribution >= 0.6 is 0 Å². The molecule has 0 saturated heterocycles. The van der Waals surface area contributed by atoms with Gasteiger partial charge in [-0.2, -0.15) is 4.98 Å². The molecule has 1 saturated carbocycles. The molecule has 1 aromatic heterocycles. The summed E-state index contributed by atoms with van der Waals surface area (Å²) >= 11 is 0. The van der Waals surface area contributed by atoms with Gasteiger partial charge in [-0.15, -0.1) is 0 Å². The summed E-state index contributed by atoms with van der Waals surface area (Å²) in [6, 6.07) is 11.1. The Morgan fingerprint density at radius 1 is 1.17 bits per heavy atom. The number of hydrogen-bond donors (Lipinski definition) is 2. The summed E-state index contributed by atoms with van der Waals surface area (Å²) < 4.78 is 0. The molecule has 2 N–H and O–H groups in total. The Bertz CT molecular complexity index is 647. The first kappa shape index (κ1) is 15.8. The molecule has 1 fully saturated rings. The smallest absolute Gasteiger partial charge is 0.225 e. The van der Waals surface area contributed by atoms with E-state index in [0.717, 1.165) is 30.4 Å². The van der Waals surface area contributed by atoms with Crippen molar-refractivity contribution in [2.75, 3.05) is 10.6 Å². The van der Waals surface area contributed by atoms with Gasteiger partial charge >= 0.3 is 0 Å². The van der Waals surface area contributed by atoms with Gasteiger partial charge in [0, 0.05) is 24.6 Å². The summed E-state index contributed by atoms with van der Waals surface area (Å²) in [5.41, 5.74) is 3.71. The molecule has 122 valence electrons. The Balaban J connectivity index is 1.73. The fourth-order valence-corrected chi connectivity index (χ4v) is 2.43. The highest BCUT2D eigenvalue weighted by Gasteiger charge is 2.26. The first-order valence-electron chi connectivity index (χ1n) is 8.59. The maximum Gasteiger partial charge on any atom is 0.225 e. The lowest BCUT2D eigenvalue weighted by Crippen LogP contribution is -2.17. The van der Waals surface area contributed by atoms with E-state index >= 15 is 0 Å². The van der Waals surface area contributed by atoms with Gasteiger partial charge in [0.2, 0.25) is 5.95 Å². The number of benzene rings is 1. The minimum atomic E-state index is 0.384. The van der Waals surface area contributed by atoms with Gasteiger partial charge in [-0.1, -0.05) is 36.8 Å². The molecule has 0 amide bonds. The third-order valence-corrected chi connectivity index (χ3v) is 4.32. The van der Waals surface area contributed by atoms with Crippen molar-refractivity contribution in [1.82, 2.24) is 9.97 Å². The Morgan fingerprint density at radius 2 is 1.91 bits per heavy atom. The molecule has 1 aliphatic carbocycles. The first-order valence-corrected chi connectivity index (χ1v) is 8.59. The van der Waals surface area contributed by atoms with Crippen molar-refractivity contribution in [2.45, 2.75) is 58.5 Å². The van der Waals surface area contributed by atoms with E-state index < -0.39 is 0 Å². The monoisotopic (exact) mass is 310 g/mol. The molecule has 2 aromatic rings. The van der Waals surface area contributed by atoms with Gasteiger partial charge in [-0.05, 0) is 38.7 Å². The molecule has 0 radical (unpaired) electrons. The Hall–Kier alpha value is -2.10. The van der Waals surface area contributed by atoms with Crippen LogP contribution in [0.4, 0.5) is 11.8 Å². The van der Waals surface area contributed by atoms with E-state index in [-0.39, 0.29) is 0 Å². The molecule has 4 nitrogen and oxygen atoms in total. The van der Waals surface area contributed by atoms with Crippen molar-refractivity contribution in [3.63, 3.8) is 0 Å². The van der Waals surface area contributed by atoms with Crippen LogP contribution in [0.2, 0.25) is 0 Å². The van der Waals surface area contributed by atoms with E-state index in [1.54, 1.807) is 0 Å². The Kier molecular flexibility index (Phi) is 4.79. The fraction of sp³-hybridized carbons (Fsp3) is 0.474. The highest BCUT2D eigenvalue weighted by Crippen LogP contribution is 2.39. The van der Waals surface area contributed by atoms with Crippen LogP contribution in [0.5, 0.6) is 0 Å². The lowest BCUT2D eigenvalue weighted by molar-refractivity contribution is 0.750. The second-order valence-corrected chi connectivity index (χ2v) is 6.57. The van der Waals surface area contributed by atoms with Crippen LogP contribution in [0.3, 0.4) is 0 Å². The fourth-order valence-electron chi connectivity index (χ4n) is 2.43. The number of aryl methyl sites for hydroxylation is 1. The molecule has 0 unspecified atom stereocenters. The predicted octanol–water partition coefficient (Wildman–Crippen LogP) is 4.48. The normalized spacial score (nSPS) is 15.3. The van der Waals surface area contributed by atoms with Crippen LogP contribution in [0.15, 0.2) is 30.3 Å². The topological polar surface area (TPSA) is 49.8 Å². The molecule has 0 spiro atoms. The van der Waals surface area contributed by atoms with Crippen molar-refractivity contribution in [1.29, 1.82) is 0 Å². The summed E-state index contributed by atoms with van der Waals surface area (Å²) in [7, 11) is 0. The molecular formula is C19H26N4. The van der Waals surface area contributed by atoms with Gasteiger partial charge in [0.15, 0.2) is 0 Å². The summed E-state index contributed by atoms with van der Waals surface area (Å²) in [6.07, 6.45) is 3.55. The number of rotatable bonds is 7. The van der Waals surface area contributed by atoms with Crippen molar-refractivity contribution in [3.05, 3.63) is 47.2 Å². The van der Waals surface area contributed by atoms with Gasteiger partial charge in [0.25, 0.3) is 0 Å². The van der Waals surface area contributed by atoms with Crippen LogP contribution in [-0.2, 0) is 6.54 Å². The molecule has 0 aliphatic heterocycles. The van der Waals surface area contributed by atoms with E-state index in [2.05, 4.69) is 71.7 Å². The zero-order chi connectivity index (χ0) is 16.2. The van der Waals surface area contributed by atoms with E-state index in [0.29, 0.717) is 12.0 Å². The van der Waals surface area contributed by atoms with Crippen LogP contribution in [0, 0.1) is 6.92 Å². The summed E-state index contributed by atoms with van der Waals surface area (Å²) in [5.74, 6) is 2.28.